The number of likely N-dealkylation sites (N-methyl/N-ethyl adjacent to an activating group) is 1. The molecule has 1 aliphatic heterocycles. The summed E-state index contributed by atoms with van der Waals surface area (Å²) in [6.07, 6.45) is 3.50. The molecule has 0 spiro atoms. The largest absolute Gasteiger partial charge is 0.355 e. The second-order valence-electron chi connectivity index (χ2n) is 7.34. The van der Waals surface area contributed by atoms with Crippen LogP contribution in [0.3, 0.4) is 0 Å². The van der Waals surface area contributed by atoms with Crippen molar-refractivity contribution in [1.29, 1.82) is 0 Å². The van der Waals surface area contributed by atoms with Gasteiger partial charge in [-0.1, -0.05) is 36.0 Å². The summed E-state index contributed by atoms with van der Waals surface area (Å²) < 4.78 is 26.1. The first-order valence-corrected chi connectivity index (χ1v) is 12.5. The first kappa shape index (κ1) is 22.3. The first-order valence-electron chi connectivity index (χ1n) is 10.2. The van der Waals surface area contributed by atoms with Crippen LogP contribution in [-0.2, 0) is 14.8 Å². The van der Waals surface area contributed by atoms with Crippen molar-refractivity contribution in [2.45, 2.75) is 21.1 Å². The van der Waals surface area contributed by atoms with Crippen LogP contribution in [0, 0.1) is 0 Å². The number of aromatic nitrogens is 1. The smallest absolute Gasteiger partial charge is 0.244 e. The van der Waals surface area contributed by atoms with Crippen molar-refractivity contribution in [3.63, 3.8) is 0 Å². The zero-order valence-electron chi connectivity index (χ0n) is 17.6. The number of nitrogens with zero attached hydrogens (tertiary/aromatic N) is 3. The van der Waals surface area contributed by atoms with Gasteiger partial charge in [0.25, 0.3) is 0 Å². The highest BCUT2D eigenvalue weighted by Gasteiger charge is 2.24. The molecule has 0 aliphatic carbocycles. The fourth-order valence-electron chi connectivity index (χ4n) is 3.51. The van der Waals surface area contributed by atoms with Gasteiger partial charge in [-0.05, 0) is 42.8 Å². The Hall–Kier alpha value is -2.88. The summed E-state index contributed by atoms with van der Waals surface area (Å²) >= 11 is 1.76. The zero-order chi connectivity index (χ0) is 22.6. The van der Waals surface area contributed by atoms with Gasteiger partial charge in [-0.15, -0.1) is 0 Å². The Morgan fingerprint density at radius 2 is 1.69 bits per heavy atom. The maximum absolute atomic E-state index is 12.5. The maximum atomic E-state index is 12.5. The predicted octanol–water partition coefficient (Wildman–Crippen LogP) is 3.51. The summed E-state index contributed by atoms with van der Waals surface area (Å²) in [5.74, 6) is -0.338. The van der Waals surface area contributed by atoms with E-state index in [9.17, 15) is 13.2 Å². The number of anilines is 2. The molecule has 1 aromatic heterocycles. The van der Waals surface area contributed by atoms with Gasteiger partial charge in [0.1, 0.15) is 4.90 Å². The van der Waals surface area contributed by atoms with Crippen LogP contribution in [0.1, 0.15) is 6.42 Å². The van der Waals surface area contributed by atoms with E-state index >= 15 is 0 Å². The Labute approximate surface area is 192 Å². The minimum atomic E-state index is -3.75. The van der Waals surface area contributed by atoms with Gasteiger partial charge in [-0.25, -0.2) is 8.42 Å². The third-order valence-electron chi connectivity index (χ3n) is 5.12. The molecule has 0 radical (unpaired) electrons. The zero-order valence-corrected chi connectivity index (χ0v) is 19.3. The van der Waals surface area contributed by atoms with Crippen LogP contribution in [0.5, 0.6) is 0 Å². The summed E-state index contributed by atoms with van der Waals surface area (Å²) in [6.45, 7) is 0.940. The highest BCUT2D eigenvalue weighted by Crippen LogP contribution is 2.47. The molecule has 0 unspecified atom stereocenters. The van der Waals surface area contributed by atoms with Crippen molar-refractivity contribution in [3.05, 3.63) is 73.1 Å². The van der Waals surface area contributed by atoms with Crippen molar-refractivity contribution < 1.29 is 13.2 Å². The standard InChI is InChI=1S/C23H24N4O3S2/c1-26(32(29,30)18-8-6-13-24-16-18)17-23(28)25-14-7-15-27-19-9-2-4-11-21(19)31-22-12-5-3-10-20(22)27/h2-6,8-13,16H,7,14-15,17H2,1H3,(H,25,28). The van der Waals surface area contributed by atoms with Crippen molar-refractivity contribution in [3.8, 4) is 0 Å². The van der Waals surface area contributed by atoms with Gasteiger partial charge in [0, 0.05) is 42.3 Å². The number of hydrogen-bond donors (Lipinski definition) is 1. The summed E-state index contributed by atoms with van der Waals surface area (Å²) in [5.41, 5.74) is 2.31. The molecule has 32 heavy (non-hydrogen) atoms. The van der Waals surface area contributed by atoms with Crippen LogP contribution in [0.15, 0.2) is 87.7 Å². The SMILES string of the molecule is CN(CC(=O)NCCCN1c2ccccc2Sc2ccccc21)S(=O)(=O)c1cccnc1. The Morgan fingerprint density at radius 1 is 1.03 bits per heavy atom. The molecule has 0 bridgehead atoms. The molecule has 1 aliphatic rings. The minimum Gasteiger partial charge on any atom is -0.355 e. The lowest BCUT2D eigenvalue weighted by molar-refractivity contribution is -0.121. The highest BCUT2D eigenvalue weighted by atomic mass is 32.2. The molecule has 4 rings (SSSR count). The van der Waals surface area contributed by atoms with E-state index < -0.39 is 10.0 Å². The van der Waals surface area contributed by atoms with Crippen LogP contribution in [0.25, 0.3) is 0 Å². The average molecular weight is 469 g/mol. The van der Waals surface area contributed by atoms with Gasteiger partial charge < -0.3 is 10.2 Å². The molecule has 0 saturated carbocycles. The van der Waals surface area contributed by atoms with Crippen LogP contribution < -0.4 is 10.2 Å². The second kappa shape index (κ2) is 9.72. The van der Waals surface area contributed by atoms with E-state index in [0.29, 0.717) is 6.54 Å². The molecule has 0 saturated heterocycles. The van der Waals surface area contributed by atoms with Gasteiger partial charge >= 0.3 is 0 Å². The fourth-order valence-corrected chi connectivity index (χ4v) is 5.70. The third kappa shape index (κ3) is 4.79. The van der Waals surface area contributed by atoms with Gasteiger partial charge in [0.15, 0.2) is 0 Å². The van der Waals surface area contributed by atoms with Gasteiger partial charge in [-0.3, -0.25) is 9.78 Å². The van der Waals surface area contributed by atoms with Crippen LogP contribution in [0.4, 0.5) is 11.4 Å². The number of para-hydroxylation sites is 2. The molecule has 166 valence electrons. The van der Waals surface area contributed by atoms with Crippen molar-refractivity contribution in [2.75, 3.05) is 31.6 Å². The molecule has 0 atom stereocenters. The summed E-state index contributed by atoms with van der Waals surface area (Å²) in [6, 6.07) is 19.6. The number of sulfonamides is 1. The number of carbonyl (C=O) groups excluding carboxylic acids is 1. The summed E-state index contributed by atoms with van der Waals surface area (Å²) in [5, 5.41) is 2.83. The highest BCUT2D eigenvalue weighted by molar-refractivity contribution is 7.99. The van der Waals surface area contributed by atoms with E-state index in [1.807, 2.05) is 24.3 Å². The predicted molar refractivity (Wildman–Crippen MR) is 126 cm³/mol. The van der Waals surface area contributed by atoms with Crippen LogP contribution in [0.2, 0.25) is 0 Å². The number of pyridine rings is 1. The molecule has 9 heteroatoms. The Balaban J connectivity index is 1.33. The van der Waals surface area contributed by atoms with E-state index in [2.05, 4.69) is 39.5 Å². The van der Waals surface area contributed by atoms with Gasteiger partial charge in [0.2, 0.25) is 15.9 Å². The molecule has 1 N–H and O–H groups in total. The molecular weight excluding hydrogens is 444 g/mol. The van der Waals surface area contributed by atoms with E-state index in [-0.39, 0.29) is 17.3 Å². The lowest BCUT2D eigenvalue weighted by Gasteiger charge is -2.32. The topological polar surface area (TPSA) is 82.6 Å². The minimum absolute atomic E-state index is 0.0654. The molecule has 2 heterocycles. The van der Waals surface area contributed by atoms with Crippen molar-refractivity contribution in [1.82, 2.24) is 14.6 Å². The number of carbonyl (C=O) groups is 1. The Kier molecular flexibility index (Phi) is 6.78. The van der Waals surface area contributed by atoms with Gasteiger partial charge in [0.05, 0.1) is 17.9 Å². The quantitative estimate of drug-likeness (QED) is 0.510. The van der Waals surface area contributed by atoms with E-state index in [0.717, 1.165) is 28.6 Å². The van der Waals surface area contributed by atoms with Gasteiger partial charge in [-0.2, -0.15) is 4.31 Å². The number of benzene rings is 2. The molecule has 2 aromatic carbocycles. The maximum Gasteiger partial charge on any atom is 0.244 e. The molecular formula is C23H24N4O3S2. The number of amides is 1. The monoisotopic (exact) mass is 468 g/mol. The number of rotatable bonds is 8. The normalized spacial score (nSPS) is 12.9. The van der Waals surface area contributed by atoms with Crippen molar-refractivity contribution in [2.24, 2.45) is 0 Å². The summed E-state index contributed by atoms with van der Waals surface area (Å²) in [7, 11) is -2.36. The third-order valence-corrected chi connectivity index (χ3v) is 8.04. The Morgan fingerprint density at radius 3 is 2.31 bits per heavy atom. The number of fused-ring (bicyclic) bond motifs is 2. The Bertz CT molecular complexity index is 1160. The average Bonchev–Trinajstić information content (AvgIpc) is 2.81. The second-order valence-corrected chi connectivity index (χ2v) is 10.5. The van der Waals surface area contributed by atoms with E-state index in [4.69, 9.17) is 0 Å². The summed E-state index contributed by atoms with van der Waals surface area (Å²) in [4.78, 5) is 20.9. The van der Waals surface area contributed by atoms with E-state index in [1.54, 1.807) is 17.8 Å². The molecule has 0 fully saturated rings. The van der Waals surface area contributed by atoms with Crippen molar-refractivity contribution >= 4 is 39.1 Å². The lowest BCUT2D eigenvalue weighted by atomic mass is 10.2. The first-order chi connectivity index (χ1) is 15.5. The molecule has 7 nitrogen and oxygen atoms in total. The van der Waals surface area contributed by atoms with Crippen LogP contribution in [-0.4, -0.2) is 50.3 Å². The lowest BCUT2D eigenvalue weighted by Crippen LogP contribution is -2.39. The van der Waals surface area contributed by atoms with Crippen LogP contribution >= 0.6 is 11.8 Å². The number of nitrogens with one attached hydrogen (secondary N) is 1. The number of hydrogen-bond acceptors (Lipinski definition) is 6. The molecule has 3 aromatic rings. The molecule has 1 amide bonds. The van der Waals surface area contributed by atoms with E-state index in [1.165, 1.54) is 35.3 Å². The fraction of sp³-hybridized carbons (Fsp3) is 0.217.